The van der Waals surface area contributed by atoms with Crippen molar-refractivity contribution in [1.82, 2.24) is 25.1 Å². The molecule has 0 amide bonds. The zero-order valence-electron chi connectivity index (χ0n) is 18.1. The number of carbonyl (C=O) groups is 1. The Bertz CT molecular complexity index is 1000. The molecule has 10 nitrogen and oxygen atoms in total. The van der Waals surface area contributed by atoms with Crippen molar-refractivity contribution in [3.63, 3.8) is 0 Å². The fraction of sp³-hybridized carbons (Fsp3) is 0.524. The van der Waals surface area contributed by atoms with E-state index in [1.165, 1.54) is 6.92 Å². The smallest absolute Gasteiger partial charge is 0.303 e. The highest BCUT2D eigenvalue weighted by Gasteiger charge is 2.21. The number of esters is 1. The van der Waals surface area contributed by atoms with Crippen LogP contribution >= 0.6 is 0 Å². The van der Waals surface area contributed by atoms with Crippen molar-refractivity contribution in [2.75, 3.05) is 26.2 Å². The van der Waals surface area contributed by atoms with Gasteiger partial charge in [0, 0.05) is 20.0 Å². The van der Waals surface area contributed by atoms with Gasteiger partial charge in [0.2, 0.25) is 0 Å². The third-order valence-corrected chi connectivity index (χ3v) is 5.28. The number of furan rings is 1. The van der Waals surface area contributed by atoms with E-state index in [0.717, 1.165) is 56.2 Å². The van der Waals surface area contributed by atoms with Crippen molar-refractivity contribution >= 4 is 5.97 Å². The number of rotatable bonds is 7. The molecule has 0 spiro atoms. The third kappa shape index (κ3) is 5.39. The lowest BCUT2D eigenvalue weighted by Gasteiger charge is -2.20. The van der Waals surface area contributed by atoms with Gasteiger partial charge >= 0.3 is 5.97 Å². The molecule has 0 bridgehead atoms. The summed E-state index contributed by atoms with van der Waals surface area (Å²) in [7, 11) is 0. The van der Waals surface area contributed by atoms with Crippen LogP contribution in [0.25, 0.3) is 11.5 Å². The Kier molecular flexibility index (Phi) is 6.47. The fourth-order valence-corrected chi connectivity index (χ4v) is 3.73. The quantitative estimate of drug-likeness (QED) is 0.520. The Morgan fingerprint density at radius 1 is 1.03 bits per heavy atom. The van der Waals surface area contributed by atoms with Crippen molar-refractivity contribution in [2.24, 2.45) is 0 Å². The summed E-state index contributed by atoms with van der Waals surface area (Å²) in [6, 6.07) is 3.80. The molecule has 0 aromatic carbocycles. The molecule has 3 aromatic rings. The van der Waals surface area contributed by atoms with E-state index in [4.69, 9.17) is 18.2 Å². The number of carbonyl (C=O) groups excluding carboxylic acids is 1. The van der Waals surface area contributed by atoms with Gasteiger partial charge in [-0.15, -0.1) is 0 Å². The highest BCUT2D eigenvalue weighted by molar-refractivity contribution is 5.65. The fourth-order valence-electron chi connectivity index (χ4n) is 3.73. The van der Waals surface area contributed by atoms with Crippen LogP contribution in [0.5, 0.6) is 0 Å². The van der Waals surface area contributed by atoms with Crippen LogP contribution in [0.4, 0.5) is 0 Å². The molecule has 1 aliphatic rings. The molecule has 0 unspecified atom stereocenters. The first-order chi connectivity index (χ1) is 15.0. The number of hydrogen-bond donors (Lipinski definition) is 0. The lowest BCUT2D eigenvalue weighted by atomic mass is 10.2. The summed E-state index contributed by atoms with van der Waals surface area (Å²) in [5.74, 6) is 3.00. The van der Waals surface area contributed by atoms with E-state index < -0.39 is 0 Å². The second kappa shape index (κ2) is 9.44. The molecule has 0 radical (unpaired) electrons. The van der Waals surface area contributed by atoms with Crippen LogP contribution in [-0.4, -0.2) is 57.2 Å². The Morgan fingerprint density at radius 3 is 2.48 bits per heavy atom. The van der Waals surface area contributed by atoms with Gasteiger partial charge in [-0.2, -0.15) is 4.98 Å². The molecular formula is C21H27N5O5. The van der Waals surface area contributed by atoms with Crippen molar-refractivity contribution in [2.45, 2.75) is 46.9 Å². The summed E-state index contributed by atoms with van der Waals surface area (Å²) >= 11 is 0. The summed E-state index contributed by atoms with van der Waals surface area (Å²) in [6.07, 6.45) is 1.04. The van der Waals surface area contributed by atoms with Crippen LogP contribution in [0.3, 0.4) is 0 Å². The standard InChI is InChI=1S/C21H27N5O5/c1-14-20(15(2)30-23-14)21-22-19(24-31-21)12-26-8-4-7-25(9-10-26)11-17-5-6-18(29-17)13-28-16(3)27/h5-6H,4,7-13H2,1-3H3. The lowest BCUT2D eigenvalue weighted by molar-refractivity contribution is -0.142. The van der Waals surface area contributed by atoms with Gasteiger partial charge in [-0.3, -0.25) is 14.6 Å². The van der Waals surface area contributed by atoms with Gasteiger partial charge in [-0.25, -0.2) is 0 Å². The lowest BCUT2D eigenvalue weighted by Crippen LogP contribution is -2.30. The maximum atomic E-state index is 10.9. The van der Waals surface area contributed by atoms with Gasteiger partial charge in [0.25, 0.3) is 5.89 Å². The maximum absolute atomic E-state index is 10.9. The molecular weight excluding hydrogens is 402 g/mol. The van der Waals surface area contributed by atoms with Crippen LogP contribution in [0.15, 0.2) is 25.6 Å². The summed E-state index contributed by atoms with van der Waals surface area (Å²) in [5.41, 5.74) is 1.51. The summed E-state index contributed by atoms with van der Waals surface area (Å²) < 4.78 is 21.4. The van der Waals surface area contributed by atoms with Crippen LogP contribution in [0.2, 0.25) is 0 Å². The summed E-state index contributed by atoms with van der Waals surface area (Å²) in [6.45, 7) is 10.4. The van der Waals surface area contributed by atoms with Crippen LogP contribution in [-0.2, 0) is 29.2 Å². The Labute approximate surface area is 180 Å². The second-order valence-electron chi connectivity index (χ2n) is 7.77. The van der Waals surface area contributed by atoms with Gasteiger partial charge in [-0.1, -0.05) is 10.3 Å². The first-order valence-corrected chi connectivity index (χ1v) is 10.4. The predicted octanol–water partition coefficient (Wildman–Crippen LogP) is 2.71. The number of ether oxygens (including phenoxy) is 1. The molecule has 3 aromatic heterocycles. The van der Waals surface area contributed by atoms with E-state index in [-0.39, 0.29) is 12.6 Å². The molecule has 0 aliphatic carbocycles. The van der Waals surface area contributed by atoms with Crippen molar-refractivity contribution in [1.29, 1.82) is 0 Å². The van der Waals surface area contributed by atoms with Gasteiger partial charge in [-0.05, 0) is 45.5 Å². The van der Waals surface area contributed by atoms with Gasteiger partial charge in [0.05, 0.1) is 18.8 Å². The molecule has 1 saturated heterocycles. The first-order valence-electron chi connectivity index (χ1n) is 10.4. The number of hydrogen-bond acceptors (Lipinski definition) is 10. The Morgan fingerprint density at radius 2 is 1.77 bits per heavy atom. The first kappa shape index (κ1) is 21.3. The zero-order valence-corrected chi connectivity index (χ0v) is 18.1. The SMILES string of the molecule is CC(=O)OCc1ccc(CN2CCCN(Cc3noc(-c4c(C)noc4C)n3)CC2)o1. The van der Waals surface area contributed by atoms with Crippen LogP contribution in [0, 0.1) is 13.8 Å². The number of aromatic nitrogens is 3. The Balaban J connectivity index is 1.29. The minimum Gasteiger partial charge on any atom is -0.461 e. The van der Waals surface area contributed by atoms with Crippen LogP contribution < -0.4 is 0 Å². The average molecular weight is 429 g/mol. The highest BCUT2D eigenvalue weighted by atomic mass is 16.5. The van der Waals surface area contributed by atoms with Crippen molar-refractivity contribution < 1.29 is 23.0 Å². The summed E-state index contributed by atoms with van der Waals surface area (Å²) in [4.78, 5) is 20.2. The van der Waals surface area contributed by atoms with E-state index in [1.54, 1.807) is 0 Å². The number of nitrogens with zero attached hydrogens (tertiary/aromatic N) is 5. The second-order valence-corrected chi connectivity index (χ2v) is 7.77. The molecule has 0 atom stereocenters. The summed E-state index contributed by atoms with van der Waals surface area (Å²) in [5, 5.41) is 8.08. The molecule has 0 N–H and O–H groups in total. The minimum absolute atomic E-state index is 0.170. The molecule has 31 heavy (non-hydrogen) atoms. The number of aryl methyl sites for hydroxylation is 2. The largest absolute Gasteiger partial charge is 0.461 e. The molecule has 166 valence electrons. The van der Waals surface area contributed by atoms with Crippen molar-refractivity contribution in [3.05, 3.63) is 40.9 Å². The van der Waals surface area contributed by atoms with Crippen LogP contribution in [0.1, 0.15) is 42.1 Å². The van der Waals surface area contributed by atoms with E-state index in [2.05, 4.69) is 25.1 Å². The molecule has 10 heteroatoms. The van der Waals surface area contributed by atoms with E-state index in [0.29, 0.717) is 29.8 Å². The predicted molar refractivity (Wildman–Crippen MR) is 109 cm³/mol. The van der Waals surface area contributed by atoms with Gasteiger partial charge in [0.15, 0.2) is 5.82 Å². The molecule has 0 saturated carbocycles. The molecule has 1 aliphatic heterocycles. The monoisotopic (exact) mass is 429 g/mol. The van der Waals surface area contributed by atoms with E-state index in [9.17, 15) is 4.79 Å². The minimum atomic E-state index is -0.314. The average Bonchev–Trinajstić information content (AvgIpc) is 3.40. The Hall–Kier alpha value is -2.98. The molecule has 1 fully saturated rings. The highest BCUT2D eigenvalue weighted by Crippen LogP contribution is 2.25. The van der Waals surface area contributed by atoms with Crippen molar-refractivity contribution in [3.8, 4) is 11.5 Å². The van der Waals surface area contributed by atoms with Gasteiger partial charge < -0.3 is 18.2 Å². The third-order valence-electron chi connectivity index (χ3n) is 5.28. The van der Waals surface area contributed by atoms with Gasteiger partial charge in [0.1, 0.15) is 29.5 Å². The van der Waals surface area contributed by atoms with E-state index >= 15 is 0 Å². The topological polar surface area (TPSA) is 111 Å². The zero-order chi connectivity index (χ0) is 21.8. The normalized spacial score (nSPS) is 15.8. The maximum Gasteiger partial charge on any atom is 0.303 e. The molecule has 4 heterocycles. The van der Waals surface area contributed by atoms with E-state index in [1.807, 2.05) is 26.0 Å². The molecule has 4 rings (SSSR count).